The van der Waals surface area contributed by atoms with Gasteiger partial charge in [0.25, 0.3) is 0 Å². The topological polar surface area (TPSA) is 74.5 Å². The summed E-state index contributed by atoms with van der Waals surface area (Å²) >= 11 is 0. The van der Waals surface area contributed by atoms with Crippen molar-refractivity contribution in [2.75, 3.05) is 20.6 Å². The minimum absolute atomic E-state index is 0.00638. The zero-order valence-electron chi connectivity index (χ0n) is 17.3. The van der Waals surface area contributed by atoms with E-state index >= 15 is 0 Å². The fraction of sp³-hybridized carbons (Fsp3) is 0.435. The standard InChI is InChI=1S/C23H26N4O2/c1-23(2)21(29)17-15(11-8-12-27(3)4)20(28)19-18(16(17)13-24-23)25-22(26-19)14-9-6-5-7-10-14/h5-7,9-10,13,15,17H,8,11-12H2,1-4H3. The van der Waals surface area contributed by atoms with Crippen molar-refractivity contribution in [1.82, 2.24) is 4.90 Å². The average Bonchev–Trinajstić information content (AvgIpc) is 3.13. The maximum absolute atomic E-state index is 13.4. The maximum Gasteiger partial charge on any atom is 0.187 e. The van der Waals surface area contributed by atoms with E-state index in [9.17, 15) is 9.59 Å². The van der Waals surface area contributed by atoms with Gasteiger partial charge in [-0.3, -0.25) is 14.6 Å². The van der Waals surface area contributed by atoms with Crippen LogP contribution < -0.4 is 0 Å². The molecule has 0 spiro atoms. The van der Waals surface area contributed by atoms with Crippen LogP contribution in [0.2, 0.25) is 0 Å². The first-order chi connectivity index (χ1) is 13.8. The van der Waals surface area contributed by atoms with Crippen LogP contribution in [0.1, 0.15) is 32.3 Å². The number of carbonyl (C=O) groups is 2. The number of hydrogen-bond donors (Lipinski definition) is 0. The third-order valence-corrected chi connectivity index (χ3v) is 5.81. The number of hydrogen-bond acceptors (Lipinski definition) is 6. The Morgan fingerprint density at radius 3 is 2.48 bits per heavy atom. The van der Waals surface area contributed by atoms with Crippen molar-refractivity contribution in [3.8, 4) is 0 Å². The Morgan fingerprint density at radius 2 is 1.79 bits per heavy atom. The summed E-state index contributed by atoms with van der Waals surface area (Å²) in [5.74, 6) is -0.453. The second-order valence-corrected chi connectivity index (χ2v) is 8.64. The molecular formula is C23H26N4O2. The van der Waals surface area contributed by atoms with Crippen molar-refractivity contribution >= 4 is 29.3 Å². The molecule has 2 aliphatic heterocycles. The van der Waals surface area contributed by atoms with Gasteiger partial charge in [0.15, 0.2) is 17.4 Å². The van der Waals surface area contributed by atoms with Gasteiger partial charge in [0.05, 0.1) is 5.92 Å². The molecule has 0 bridgehead atoms. The molecule has 0 fully saturated rings. The Kier molecular flexibility index (Phi) is 4.90. The molecule has 0 saturated heterocycles. The summed E-state index contributed by atoms with van der Waals surface area (Å²) in [6.45, 7) is 4.49. The predicted octanol–water partition coefficient (Wildman–Crippen LogP) is 2.73. The van der Waals surface area contributed by atoms with E-state index in [-0.39, 0.29) is 11.6 Å². The molecule has 6 nitrogen and oxygen atoms in total. The summed E-state index contributed by atoms with van der Waals surface area (Å²) < 4.78 is 0. The van der Waals surface area contributed by atoms with Crippen LogP contribution in [0.5, 0.6) is 0 Å². The fourth-order valence-corrected chi connectivity index (χ4v) is 4.19. The van der Waals surface area contributed by atoms with Gasteiger partial charge >= 0.3 is 0 Å². The number of fused-ring (bicyclic) bond motifs is 2. The van der Waals surface area contributed by atoms with E-state index in [1.807, 2.05) is 58.3 Å². The summed E-state index contributed by atoms with van der Waals surface area (Å²) in [7, 11) is 4.02. The van der Waals surface area contributed by atoms with Crippen LogP contribution in [-0.2, 0) is 9.59 Å². The van der Waals surface area contributed by atoms with Gasteiger partial charge in [0, 0.05) is 23.3 Å². The third-order valence-electron chi connectivity index (χ3n) is 5.81. The molecule has 1 aromatic carbocycles. The molecule has 0 amide bonds. The molecule has 0 N–H and O–H groups in total. The molecule has 1 aromatic rings. The van der Waals surface area contributed by atoms with E-state index in [0.29, 0.717) is 23.7 Å². The van der Waals surface area contributed by atoms with E-state index in [4.69, 9.17) is 0 Å². The molecule has 0 radical (unpaired) electrons. The van der Waals surface area contributed by atoms with Crippen molar-refractivity contribution in [1.29, 1.82) is 0 Å². The maximum atomic E-state index is 13.4. The number of allylic oxidation sites excluding steroid dienone is 2. The molecule has 2 atom stereocenters. The molecule has 1 aliphatic carbocycles. The summed E-state index contributed by atoms with van der Waals surface area (Å²) in [6, 6.07) is 9.61. The van der Waals surface area contributed by atoms with Gasteiger partial charge in [-0.2, -0.15) is 0 Å². The molecule has 2 unspecified atom stereocenters. The monoisotopic (exact) mass is 390 g/mol. The highest BCUT2D eigenvalue weighted by Crippen LogP contribution is 2.41. The Labute approximate surface area is 171 Å². The van der Waals surface area contributed by atoms with Crippen LogP contribution >= 0.6 is 0 Å². The number of aliphatic imine (C=N–C) groups is 3. The van der Waals surface area contributed by atoms with Crippen molar-refractivity contribution in [2.24, 2.45) is 26.8 Å². The van der Waals surface area contributed by atoms with Gasteiger partial charge in [-0.05, 0) is 47.3 Å². The Hall–Kier alpha value is -2.73. The second kappa shape index (κ2) is 7.26. The Morgan fingerprint density at radius 1 is 1.07 bits per heavy atom. The summed E-state index contributed by atoms with van der Waals surface area (Å²) in [5.41, 5.74) is 1.68. The van der Waals surface area contributed by atoms with E-state index in [0.717, 1.165) is 24.1 Å². The largest absolute Gasteiger partial charge is 0.309 e. The molecule has 29 heavy (non-hydrogen) atoms. The van der Waals surface area contributed by atoms with Crippen LogP contribution in [0.15, 0.2) is 56.6 Å². The number of ketones is 2. The first kappa shape index (κ1) is 19.6. The highest BCUT2D eigenvalue weighted by atomic mass is 16.1. The minimum atomic E-state index is -0.825. The molecule has 0 saturated carbocycles. The number of rotatable bonds is 5. The number of nitrogens with zero attached hydrogens (tertiary/aromatic N) is 4. The molecule has 0 aromatic heterocycles. The first-order valence-electron chi connectivity index (χ1n) is 10.1. The van der Waals surface area contributed by atoms with Crippen molar-refractivity contribution in [3.05, 3.63) is 47.2 Å². The summed E-state index contributed by atoms with van der Waals surface area (Å²) in [4.78, 5) is 42.5. The number of amidine groups is 1. The van der Waals surface area contributed by atoms with Crippen molar-refractivity contribution < 1.29 is 9.59 Å². The van der Waals surface area contributed by atoms with Gasteiger partial charge in [-0.25, -0.2) is 9.98 Å². The SMILES string of the molecule is CN(C)CCCC1C(=O)C2=NC(c3ccccc3)=NC2=C2C=NC(C)(C)C(=O)C21. The zero-order chi connectivity index (χ0) is 20.8. The Bertz CT molecular complexity index is 983. The number of benzene rings is 1. The summed E-state index contributed by atoms with van der Waals surface area (Å²) in [5, 5.41) is 0. The van der Waals surface area contributed by atoms with Gasteiger partial charge in [-0.15, -0.1) is 0 Å². The molecule has 6 heteroatoms. The van der Waals surface area contributed by atoms with Crippen molar-refractivity contribution in [3.63, 3.8) is 0 Å². The van der Waals surface area contributed by atoms with E-state index in [2.05, 4.69) is 19.9 Å². The normalized spacial score (nSPS) is 25.1. The molecule has 150 valence electrons. The zero-order valence-corrected chi connectivity index (χ0v) is 17.3. The second-order valence-electron chi connectivity index (χ2n) is 8.64. The lowest BCUT2D eigenvalue weighted by Gasteiger charge is -2.37. The minimum Gasteiger partial charge on any atom is -0.309 e. The van der Waals surface area contributed by atoms with E-state index in [1.54, 1.807) is 6.21 Å². The highest BCUT2D eigenvalue weighted by Gasteiger charge is 2.50. The van der Waals surface area contributed by atoms with E-state index in [1.165, 1.54) is 0 Å². The third kappa shape index (κ3) is 3.42. The lowest BCUT2D eigenvalue weighted by Crippen LogP contribution is -2.49. The molecular weight excluding hydrogens is 364 g/mol. The quantitative estimate of drug-likeness (QED) is 0.776. The smallest absolute Gasteiger partial charge is 0.187 e. The average molecular weight is 390 g/mol. The lowest BCUT2D eigenvalue weighted by atomic mass is 9.67. The van der Waals surface area contributed by atoms with E-state index < -0.39 is 17.4 Å². The predicted molar refractivity (Wildman–Crippen MR) is 115 cm³/mol. The van der Waals surface area contributed by atoms with Crippen LogP contribution in [0, 0.1) is 11.8 Å². The lowest BCUT2D eigenvalue weighted by molar-refractivity contribution is -0.131. The van der Waals surface area contributed by atoms with Gasteiger partial charge in [0.1, 0.15) is 16.9 Å². The van der Waals surface area contributed by atoms with Crippen LogP contribution in [-0.4, -0.2) is 60.4 Å². The molecule has 4 rings (SSSR count). The highest BCUT2D eigenvalue weighted by molar-refractivity contribution is 6.52. The first-order valence-corrected chi connectivity index (χ1v) is 10.1. The van der Waals surface area contributed by atoms with Gasteiger partial charge in [0.2, 0.25) is 0 Å². The Balaban J connectivity index is 1.79. The fourth-order valence-electron chi connectivity index (χ4n) is 4.19. The summed E-state index contributed by atoms with van der Waals surface area (Å²) in [6.07, 6.45) is 3.24. The molecule has 2 heterocycles. The van der Waals surface area contributed by atoms with Crippen molar-refractivity contribution in [2.45, 2.75) is 32.2 Å². The van der Waals surface area contributed by atoms with Gasteiger partial charge < -0.3 is 4.90 Å². The van der Waals surface area contributed by atoms with Crippen LogP contribution in [0.25, 0.3) is 0 Å². The van der Waals surface area contributed by atoms with Crippen LogP contribution in [0.3, 0.4) is 0 Å². The number of carbonyl (C=O) groups excluding carboxylic acids is 2. The van der Waals surface area contributed by atoms with Crippen LogP contribution in [0.4, 0.5) is 0 Å². The number of Topliss-reactive ketones (excluding diaryl/α,β-unsaturated/α-hetero) is 2. The van der Waals surface area contributed by atoms with Gasteiger partial charge in [-0.1, -0.05) is 30.3 Å². The molecule has 3 aliphatic rings.